The van der Waals surface area contributed by atoms with E-state index in [0.717, 1.165) is 5.56 Å². The maximum atomic E-state index is 12.2. The Bertz CT molecular complexity index is 534. The first-order chi connectivity index (χ1) is 9.47. The molecule has 0 spiro atoms. The summed E-state index contributed by atoms with van der Waals surface area (Å²) in [6.45, 7) is 7.00. The first-order valence-electron chi connectivity index (χ1n) is 6.71. The van der Waals surface area contributed by atoms with Crippen LogP contribution in [0.2, 0.25) is 0 Å². The van der Waals surface area contributed by atoms with Crippen molar-refractivity contribution in [1.82, 2.24) is 20.0 Å². The molecule has 2 amide bonds. The standard InChI is InChI=1S/C14H24N4O3/c1-13(2,11(19)20)14(3,4)16-12(21)17(5)8-10-7-15-18(6)9-10/h7,9H,8H2,1-6H3,(H,16,21)(H,19,20). The maximum Gasteiger partial charge on any atom is 0.317 e. The Hall–Kier alpha value is -2.05. The van der Waals surface area contributed by atoms with Gasteiger partial charge in [0.2, 0.25) is 0 Å². The molecule has 1 aromatic rings. The molecule has 118 valence electrons. The second-order valence-corrected chi connectivity index (χ2v) is 6.36. The number of amides is 2. The minimum atomic E-state index is -1.09. The van der Waals surface area contributed by atoms with E-state index in [-0.39, 0.29) is 6.03 Å². The van der Waals surface area contributed by atoms with Crippen molar-refractivity contribution in [3.63, 3.8) is 0 Å². The number of nitrogens with one attached hydrogen (secondary N) is 1. The van der Waals surface area contributed by atoms with Crippen molar-refractivity contribution in [2.24, 2.45) is 12.5 Å². The lowest BCUT2D eigenvalue weighted by Crippen LogP contribution is -2.59. The zero-order chi connectivity index (χ0) is 16.4. The van der Waals surface area contributed by atoms with Gasteiger partial charge in [-0.15, -0.1) is 0 Å². The highest BCUT2D eigenvalue weighted by atomic mass is 16.4. The van der Waals surface area contributed by atoms with Crippen LogP contribution in [0.1, 0.15) is 33.3 Å². The molecule has 0 aliphatic carbocycles. The highest BCUT2D eigenvalue weighted by Gasteiger charge is 2.44. The zero-order valence-electron chi connectivity index (χ0n) is 13.5. The SMILES string of the molecule is CN(Cc1cnn(C)c1)C(=O)NC(C)(C)C(C)(C)C(=O)O. The fourth-order valence-electron chi connectivity index (χ4n) is 1.69. The summed E-state index contributed by atoms with van der Waals surface area (Å²) < 4.78 is 1.67. The van der Waals surface area contributed by atoms with Crippen molar-refractivity contribution < 1.29 is 14.7 Å². The number of aromatic nitrogens is 2. The number of urea groups is 1. The number of hydrogen-bond donors (Lipinski definition) is 2. The van der Waals surface area contributed by atoms with Gasteiger partial charge in [-0.05, 0) is 27.7 Å². The van der Waals surface area contributed by atoms with E-state index >= 15 is 0 Å². The van der Waals surface area contributed by atoms with Gasteiger partial charge in [0.15, 0.2) is 0 Å². The smallest absolute Gasteiger partial charge is 0.317 e. The molecule has 1 rings (SSSR count). The van der Waals surface area contributed by atoms with E-state index in [1.54, 1.807) is 45.6 Å². The highest BCUT2D eigenvalue weighted by molar-refractivity contribution is 5.79. The van der Waals surface area contributed by atoms with Gasteiger partial charge in [0.1, 0.15) is 0 Å². The number of carbonyl (C=O) groups excluding carboxylic acids is 1. The van der Waals surface area contributed by atoms with Crippen molar-refractivity contribution in [2.45, 2.75) is 39.8 Å². The molecule has 1 aromatic heterocycles. The van der Waals surface area contributed by atoms with Crippen LogP contribution in [0.5, 0.6) is 0 Å². The van der Waals surface area contributed by atoms with Crippen LogP contribution in [-0.4, -0.2) is 44.4 Å². The van der Waals surface area contributed by atoms with Gasteiger partial charge in [0, 0.05) is 25.9 Å². The summed E-state index contributed by atoms with van der Waals surface area (Å²) >= 11 is 0. The van der Waals surface area contributed by atoms with E-state index in [1.165, 1.54) is 4.90 Å². The minimum absolute atomic E-state index is 0.321. The molecule has 1 heterocycles. The summed E-state index contributed by atoms with van der Waals surface area (Å²) in [6.07, 6.45) is 3.52. The molecule has 0 aliphatic rings. The number of carboxylic acids is 1. The van der Waals surface area contributed by atoms with Crippen LogP contribution in [0, 0.1) is 5.41 Å². The fourth-order valence-corrected chi connectivity index (χ4v) is 1.69. The molecule has 0 radical (unpaired) electrons. The van der Waals surface area contributed by atoms with Crippen molar-refractivity contribution in [1.29, 1.82) is 0 Å². The van der Waals surface area contributed by atoms with Gasteiger partial charge in [0.25, 0.3) is 0 Å². The summed E-state index contributed by atoms with van der Waals surface area (Å²) in [7, 11) is 3.47. The Morgan fingerprint density at radius 1 is 1.38 bits per heavy atom. The van der Waals surface area contributed by atoms with Crippen molar-refractivity contribution in [3.05, 3.63) is 18.0 Å². The quantitative estimate of drug-likeness (QED) is 0.861. The summed E-state index contributed by atoms with van der Waals surface area (Å²) in [5.74, 6) is -0.956. The largest absolute Gasteiger partial charge is 0.481 e. The molecule has 0 aromatic carbocycles. The molecule has 0 saturated carbocycles. The molecule has 7 nitrogen and oxygen atoms in total. The van der Waals surface area contributed by atoms with Crippen molar-refractivity contribution in [3.8, 4) is 0 Å². The first-order valence-corrected chi connectivity index (χ1v) is 6.71. The number of hydrogen-bond acceptors (Lipinski definition) is 3. The second kappa shape index (κ2) is 5.75. The van der Waals surface area contributed by atoms with Gasteiger partial charge >= 0.3 is 12.0 Å². The normalized spacial score (nSPS) is 12.1. The molecular weight excluding hydrogens is 272 g/mol. The molecule has 2 N–H and O–H groups in total. The number of nitrogens with zero attached hydrogens (tertiary/aromatic N) is 3. The average molecular weight is 296 g/mol. The number of aliphatic carboxylic acids is 1. The Labute approximate surface area is 124 Å². The summed E-state index contributed by atoms with van der Waals surface area (Å²) in [5.41, 5.74) is -1.07. The first kappa shape index (κ1) is 17.0. The van der Waals surface area contributed by atoms with Gasteiger partial charge in [-0.2, -0.15) is 5.10 Å². The predicted octanol–water partition coefficient (Wildman–Crippen LogP) is 1.45. The third-order valence-corrected chi connectivity index (χ3v) is 4.04. The molecular formula is C14H24N4O3. The molecule has 0 atom stereocenters. The third-order valence-electron chi connectivity index (χ3n) is 4.04. The maximum absolute atomic E-state index is 12.2. The van der Waals surface area contributed by atoms with Gasteiger partial charge in [-0.3, -0.25) is 9.48 Å². The van der Waals surface area contributed by atoms with Gasteiger partial charge in [-0.1, -0.05) is 0 Å². The minimum Gasteiger partial charge on any atom is -0.481 e. The second-order valence-electron chi connectivity index (χ2n) is 6.36. The lowest BCUT2D eigenvalue weighted by molar-refractivity contribution is -0.150. The summed E-state index contributed by atoms with van der Waals surface area (Å²) in [4.78, 5) is 25.1. The lowest BCUT2D eigenvalue weighted by atomic mass is 9.74. The Morgan fingerprint density at radius 3 is 2.38 bits per heavy atom. The van der Waals surface area contributed by atoms with Crippen LogP contribution >= 0.6 is 0 Å². The fraction of sp³-hybridized carbons (Fsp3) is 0.643. The van der Waals surface area contributed by atoms with E-state index in [1.807, 2.05) is 13.2 Å². The van der Waals surface area contributed by atoms with Gasteiger partial charge < -0.3 is 15.3 Å². The monoisotopic (exact) mass is 296 g/mol. The Morgan fingerprint density at radius 2 is 1.95 bits per heavy atom. The summed E-state index contributed by atoms with van der Waals surface area (Å²) in [5, 5.41) is 16.1. The highest BCUT2D eigenvalue weighted by Crippen LogP contribution is 2.30. The van der Waals surface area contributed by atoms with E-state index in [0.29, 0.717) is 6.54 Å². The summed E-state index contributed by atoms with van der Waals surface area (Å²) in [6, 6.07) is -0.321. The van der Waals surface area contributed by atoms with E-state index in [9.17, 15) is 14.7 Å². The molecule has 0 saturated heterocycles. The van der Waals surface area contributed by atoms with Crippen molar-refractivity contribution >= 4 is 12.0 Å². The number of carboxylic acid groups (broad SMARTS) is 1. The van der Waals surface area contributed by atoms with Crippen LogP contribution in [0.3, 0.4) is 0 Å². The van der Waals surface area contributed by atoms with Crippen LogP contribution in [0.25, 0.3) is 0 Å². The molecule has 0 unspecified atom stereocenters. The van der Waals surface area contributed by atoms with E-state index < -0.39 is 16.9 Å². The predicted molar refractivity (Wildman–Crippen MR) is 78.7 cm³/mol. The topological polar surface area (TPSA) is 87.5 Å². The van der Waals surface area contributed by atoms with E-state index in [2.05, 4.69) is 10.4 Å². The van der Waals surface area contributed by atoms with Gasteiger partial charge in [-0.25, -0.2) is 4.79 Å². The third kappa shape index (κ3) is 3.74. The Kier molecular flexibility index (Phi) is 4.65. The average Bonchev–Trinajstić information content (AvgIpc) is 2.73. The number of carbonyl (C=O) groups is 2. The van der Waals surface area contributed by atoms with Crippen LogP contribution in [-0.2, 0) is 18.4 Å². The number of aryl methyl sites for hydroxylation is 1. The molecule has 0 aliphatic heterocycles. The van der Waals surface area contributed by atoms with E-state index in [4.69, 9.17) is 0 Å². The van der Waals surface area contributed by atoms with Gasteiger partial charge in [0.05, 0.1) is 23.7 Å². The lowest BCUT2D eigenvalue weighted by Gasteiger charge is -2.39. The molecule has 0 bridgehead atoms. The number of rotatable bonds is 5. The zero-order valence-corrected chi connectivity index (χ0v) is 13.5. The van der Waals surface area contributed by atoms with Crippen LogP contribution < -0.4 is 5.32 Å². The molecule has 0 fully saturated rings. The Balaban J connectivity index is 2.73. The van der Waals surface area contributed by atoms with Crippen LogP contribution in [0.15, 0.2) is 12.4 Å². The molecule has 7 heteroatoms. The van der Waals surface area contributed by atoms with Crippen LogP contribution in [0.4, 0.5) is 4.79 Å². The van der Waals surface area contributed by atoms with Crippen molar-refractivity contribution in [2.75, 3.05) is 7.05 Å². The molecule has 21 heavy (non-hydrogen) atoms.